The summed E-state index contributed by atoms with van der Waals surface area (Å²) in [7, 11) is -2.30. The zero-order valence-electron chi connectivity index (χ0n) is 9.95. The predicted molar refractivity (Wildman–Crippen MR) is 67.1 cm³/mol. The maximum atomic E-state index is 11.9. The second-order valence-corrected chi connectivity index (χ2v) is 5.87. The number of aliphatic hydroxyl groups is 1. The number of rotatable bonds is 5. The van der Waals surface area contributed by atoms with Gasteiger partial charge in [-0.15, -0.1) is 0 Å². The zero-order valence-corrected chi connectivity index (χ0v) is 11.5. The van der Waals surface area contributed by atoms with Crippen molar-refractivity contribution in [2.45, 2.75) is 11.1 Å². The summed E-state index contributed by atoms with van der Waals surface area (Å²) in [5.41, 5.74) is 0. The SMILES string of the molecule is Cn1cnc(S(=O)(=O)NCC(O)c2ccco2)c1Cl. The molecule has 0 saturated carbocycles. The Kier molecular flexibility index (Phi) is 3.95. The Labute approximate surface area is 114 Å². The van der Waals surface area contributed by atoms with Gasteiger partial charge in [-0.2, -0.15) is 0 Å². The number of nitrogens with zero attached hydrogens (tertiary/aromatic N) is 2. The van der Waals surface area contributed by atoms with Crippen LogP contribution in [-0.4, -0.2) is 29.6 Å². The van der Waals surface area contributed by atoms with Crippen LogP contribution >= 0.6 is 11.6 Å². The molecule has 0 aliphatic carbocycles. The summed E-state index contributed by atoms with van der Waals surface area (Å²) in [4.78, 5) is 3.70. The normalized spacial score (nSPS) is 13.6. The largest absolute Gasteiger partial charge is 0.467 e. The standard InChI is InChI=1S/C10H12ClN3O4S/c1-14-6-12-10(9(14)11)19(16,17)13-5-7(15)8-3-2-4-18-8/h2-4,6-7,13,15H,5H2,1H3. The second kappa shape index (κ2) is 5.33. The Morgan fingerprint density at radius 1 is 1.63 bits per heavy atom. The molecule has 0 spiro atoms. The number of nitrogens with one attached hydrogen (secondary N) is 1. The number of hydrogen-bond donors (Lipinski definition) is 2. The molecule has 7 nitrogen and oxygen atoms in total. The molecule has 2 rings (SSSR count). The van der Waals surface area contributed by atoms with E-state index < -0.39 is 16.1 Å². The highest BCUT2D eigenvalue weighted by atomic mass is 35.5. The first-order chi connectivity index (χ1) is 8.92. The molecule has 0 aliphatic rings. The molecule has 19 heavy (non-hydrogen) atoms. The Balaban J connectivity index is 2.08. The highest BCUT2D eigenvalue weighted by Crippen LogP contribution is 2.19. The third-order valence-electron chi connectivity index (χ3n) is 2.43. The maximum Gasteiger partial charge on any atom is 0.261 e. The molecule has 1 atom stereocenters. The molecule has 0 radical (unpaired) electrons. The number of aliphatic hydroxyl groups excluding tert-OH is 1. The molecule has 2 aromatic rings. The molecule has 104 valence electrons. The number of furan rings is 1. The summed E-state index contributed by atoms with van der Waals surface area (Å²) < 4.78 is 32.4. The first-order valence-corrected chi connectivity index (χ1v) is 7.16. The fourth-order valence-electron chi connectivity index (χ4n) is 1.41. The van der Waals surface area contributed by atoms with Crippen molar-refractivity contribution in [3.8, 4) is 0 Å². The van der Waals surface area contributed by atoms with E-state index in [-0.39, 0.29) is 22.5 Å². The minimum atomic E-state index is -3.87. The summed E-state index contributed by atoms with van der Waals surface area (Å²) >= 11 is 5.81. The van der Waals surface area contributed by atoms with Gasteiger partial charge in [0.05, 0.1) is 12.6 Å². The van der Waals surface area contributed by atoms with Gasteiger partial charge in [0.1, 0.15) is 17.0 Å². The molecule has 9 heteroatoms. The van der Waals surface area contributed by atoms with E-state index in [1.807, 2.05) is 0 Å². The highest BCUT2D eigenvalue weighted by Gasteiger charge is 2.23. The molecule has 0 aliphatic heterocycles. The third-order valence-corrected chi connectivity index (χ3v) is 4.34. The molecule has 0 saturated heterocycles. The van der Waals surface area contributed by atoms with Crippen LogP contribution in [0, 0.1) is 0 Å². The Morgan fingerprint density at radius 2 is 2.37 bits per heavy atom. The zero-order chi connectivity index (χ0) is 14.0. The van der Waals surface area contributed by atoms with Gasteiger partial charge in [-0.05, 0) is 12.1 Å². The van der Waals surface area contributed by atoms with Crippen molar-refractivity contribution in [2.24, 2.45) is 7.05 Å². The summed E-state index contributed by atoms with van der Waals surface area (Å²) in [6, 6.07) is 3.15. The highest BCUT2D eigenvalue weighted by molar-refractivity contribution is 7.89. The number of hydrogen-bond acceptors (Lipinski definition) is 5. The van der Waals surface area contributed by atoms with Gasteiger partial charge in [0, 0.05) is 13.6 Å². The van der Waals surface area contributed by atoms with E-state index in [9.17, 15) is 13.5 Å². The molecule has 2 N–H and O–H groups in total. The van der Waals surface area contributed by atoms with E-state index in [0.717, 1.165) is 0 Å². The van der Waals surface area contributed by atoms with Gasteiger partial charge < -0.3 is 14.1 Å². The molecule has 2 heterocycles. The van der Waals surface area contributed by atoms with Crippen LogP contribution in [0.3, 0.4) is 0 Å². The topological polar surface area (TPSA) is 97.4 Å². The minimum Gasteiger partial charge on any atom is -0.467 e. The first kappa shape index (κ1) is 14.1. The van der Waals surface area contributed by atoms with Gasteiger partial charge in [0.15, 0.2) is 0 Å². The van der Waals surface area contributed by atoms with Crippen molar-refractivity contribution in [3.05, 3.63) is 35.6 Å². The summed E-state index contributed by atoms with van der Waals surface area (Å²) in [5, 5.41) is 9.44. The van der Waals surface area contributed by atoms with Gasteiger partial charge in [-0.1, -0.05) is 11.6 Å². The Bertz CT molecular complexity index is 650. The van der Waals surface area contributed by atoms with Crippen LogP contribution in [0.4, 0.5) is 0 Å². The second-order valence-electron chi connectivity index (χ2n) is 3.83. The molecule has 0 fully saturated rings. The van der Waals surface area contributed by atoms with Crippen LogP contribution in [0.25, 0.3) is 0 Å². The van der Waals surface area contributed by atoms with Crippen LogP contribution in [0.1, 0.15) is 11.9 Å². The average Bonchev–Trinajstić information content (AvgIpc) is 2.98. The van der Waals surface area contributed by atoms with Gasteiger partial charge in [0.2, 0.25) is 5.03 Å². The number of sulfonamides is 1. The number of imidazole rings is 1. The Hall–Kier alpha value is -1.35. The van der Waals surface area contributed by atoms with Crippen molar-refractivity contribution in [1.29, 1.82) is 0 Å². The monoisotopic (exact) mass is 305 g/mol. The number of aromatic nitrogens is 2. The van der Waals surface area contributed by atoms with Crippen LogP contribution in [-0.2, 0) is 17.1 Å². The van der Waals surface area contributed by atoms with Crippen LogP contribution < -0.4 is 4.72 Å². The minimum absolute atomic E-state index is 0.0000107. The molecular weight excluding hydrogens is 294 g/mol. The third kappa shape index (κ3) is 2.98. The Morgan fingerprint density at radius 3 is 2.89 bits per heavy atom. The van der Waals surface area contributed by atoms with Gasteiger partial charge >= 0.3 is 0 Å². The quantitative estimate of drug-likeness (QED) is 0.846. The molecular formula is C10H12ClN3O4S. The van der Waals surface area contributed by atoms with Crippen molar-refractivity contribution in [2.75, 3.05) is 6.54 Å². The van der Waals surface area contributed by atoms with Crippen LogP contribution in [0.2, 0.25) is 5.15 Å². The molecule has 0 aromatic carbocycles. The van der Waals surface area contributed by atoms with Crippen molar-refractivity contribution in [1.82, 2.24) is 14.3 Å². The van der Waals surface area contributed by atoms with Gasteiger partial charge in [-0.25, -0.2) is 18.1 Å². The van der Waals surface area contributed by atoms with Crippen LogP contribution in [0.5, 0.6) is 0 Å². The van der Waals surface area contributed by atoms with E-state index in [1.54, 1.807) is 19.2 Å². The summed E-state index contributed by atoms with van der Waals surface area (Å²) in [6.45, 7) is -0.233. The smallest absolute Gasteiger partial charge is 0.261 e. The van der Waals surface area contributed by atoms with Crippen molar-refractivity contribution >= 4 is 21.6 Å². The summed E-state index contributed by atoms with van der Waals surface area (Å²) in [6.07, 6.45) is 1.61. The molecule has 2 aromatic heterocycles. The fourth-order valence-corrected chi connectivity index (χ4v) is 2.88. The number of halogens is 1. The van der Waals surface area contributed by atoms with Crippen LogP contribution in [0.15, 0.2) is 34.2 Å². The molecule has 0 bridgehead atoms. The van der Waals surface area contributed by atoms with E-state index in [4.69, 9.17) is 16.0 Å². The van der Waals surface area contributed by atoms with E-state index in [0.29, 0.717) is 0 Å². The summed E-state index contributed by atoms with van der Waals surface area (Å²) in [5.74, 6) is 0.273. The molecule has 1 unspecified atom stereocenters. The van der Waals surface area contributed by atoms with E-state index in [2.05, 4.69) is 9.71 Å². The lowest BCUT2D eigenvalue weighted by molar-refractivity contribution is 0.154. The van der Waals surface area contributed by atoms with Crippen molar-refractivity contribution in [3.63, 3.8) is 0 Å². The van der Waals surface area contributed by atoms with Crippen molar-refractivity contribution < 1.29 is 17.9 Å². The first-order valence-electron chi connectivity index (χ1n) is 5.30. The fraction of sp³-hybridized carbons (Fsp3) is 0.300. The lowest BCUT2D eigenvalue weighted by Gasteiger charge is -2.09. The molecule has 0 amide bonds. The predicted octanol–water partition coefficient (Wildman–Crippen LogP) is 0.678. The van der Waals surface area contributed by atoms with Gasteiger partial charge in [-0.3, -0.25) is 0 Å². The maximum absolute atomic E-state index is 11.9. The van der Waals surface area contributed by atoms with Gasteiger partial charge in [0.25, 0.3) is 10.0 Å². The van der Waals surface area contributed by atoms with E-state index >= 15 is 0 Å². The lowest BCUT2D eigenvalue weighted by atomic mass is 10.3. The number of aryl methyl sites for hydroxylation is 1. The lowest BCUT2D eigenvalue weighted by Crippen LogP contribution is -2.29. The van der Waals surface area contributed by atoms with E-state index in [1.165, 1.54) is 17.2 Å². The average molecular weight is 306 g/mol.